The molecule has 1 heterocycles. The molecule has 104 valence electrons. The molecule has 0 saturated carbocycles. The molecule has 0 radical (unpaired) electrons. The second-order valence-corrected chi connectivity index (χ2v) is 5.54. The van der Waals surface area contributed by atoms with Gasteiger partial charge in [-0.1, -0.05) is 32.2 Å². The van der Waals surface area contributed by atoms with E-state index in [2.05, 4.69) is 42.6 Å². The summed E-state index contributed by atoms with van der Waals surface area (Å²) in [5.74, 6) is 0.413. The number of nitrogens with one attached hydrogen (secondary N) is 1. The number of ether oxygens (including phenoxy) is 1. The largest absolute Gasteiger partial charge is 0.379 e. The van der Waals surface area contributed by atoms with E-state index in [0.717, 1.165) is 31.7 Å². The second kappa shape index (κ2) is 8.56. The first-order valence-electron chi connectivity index (χ1n) is 6.83. The third-order valence-corrected chi connectivity index (χ3v) is 3.53. The molecule has 0 aromatic carbocycles. The SMILES string of the molecule is CCCNC(COCCC)c1snnc1C(C)C. The molecule has 0 aliphatic heterocycles. The van der Waals surface area contributed by atoms with Crippen molar-refractivity contribution in [1.29, 1.82) is 0 Å². The topological polar surface area (TPSA) is 47.0 Å². The summed E-state index contributed by atoms with van der Waals surface area (Å²) < 4.78 is 9.79. The molecule has 0 saturated heterocycles. The van der Waals surface area contributed by atoms with E-state index in [0.29, 0.717) is 12.5 Å². The average Bonchev–Trinajstić information content (AvgIpc) is 2.82. The van der Waals surface area contributed by atoms with Gasteiger partial charge >= 0.3 is 0 Å². The summed E-state index contributed by atoms with van der Waals surface area (Å²) in [4.78, 5) is 1.23. The first kappa shape index (κ1) is 15.5. The third-order valence-electron chi connectivity index (χ3n) is 2.68. The van der Waals surface area contributed by atoms with E-state index in [1.807, 2.05) is 0 Å². The Balaban J connectivity index is 2.70. The number of hydrogen-bond acceptors (Lipinski definition) is 5. The van der Waals surface area contributed by atoms with Gasteiger partial charge in [0.05, 0.1) is 23.2 Å². The molecule has 1 N–H and O–H groups in total. The van der Waals surface area contributed by atoms with Crippen molar-refractivity contribution in [3.63, 3.8) is 0 Å². The Bertz CT molecular complexity index is 328. The van der Waals surface area contributed by atoms with Crippen LogP contribution in [0.15, 0.2) is 0 Å². The number of hydrogen-bond donors (Lipinski definition) is 1. The van der Waals surface area contributed by atoms with Gasteiger partial charge in [-0.3, -0.25) is 0 Å². The van der Waals surface area contributed by atoms with Crippen LogP contribution >= 0.6 is 11.5 Å². The van der Waals surface area contributed by atoms with E-state index in [1.165, 1.54) is 16.4 Å². The van der Waals surface area contributed by atoms with E-state index >= 15 is 0 Å². The normalized spacial score (nSPS) is 13.2. The fourth-order valence-corrected chi connectivity index (χ4v) is 2.60. The Kier molecular flexibility index (Phi) is 7.39. The molecule has 0 amide bonds. The standard InChI is InChI=1S/C13H25N3OS/c1-5-7-14-11(9-17-8-6-2)13-12(10(3)4)15-16-18-13/h10-11,14H,5-9H2,1-4H3. The Hall–Kier alpha value is -0.520. The fraction of sp³-hybridized carbons (Fsp3) is 0.846. The van der Waals surface area contributed by atoms with Crippen molar-refractivity contribution in [2.45, 2.75) is 52.5 Å². The van der Waals surface area contributed by atoms with Crippen molar-refractivity contribution in [2.75, 3.05) is 19.8 Å². The van der Waals surface area contributed by atoms with Gasteiger partial charge in [0.2, 0.25) is 0 Å². The van der Waals surface area contributed by atoms with Crippen molar-refractivity contribution in [2.24, 2.45) is 0 Å². The van der Waals surface area contributed by atoms with Crippen LogP contribution in [0.1, 0.15) is 63.1 Å². The number of rotatable bonds is 9. The highest BCUT2D eigenvalue weighted by atomic mass is 32.1. The lowest BCUT2D eigenvalue weighted by molar-refractivity contribution is 0.112. The summed E-state index contributed by atoms with van der Waals surface area (Å²) in [7, 11) is 0. The average molecular weight is 271 g/mol. The molecule has 0 aliphatic rings. The van der Waals surface area contributed by atoms with Gasteiger partial charge in [-0.15, -0.1) is 5.10 Å². The van der Waals surface area contributed by atoms with Gasteiger partial charge in [0, 0.05) is 6.61 Å². The summed E-state index contributed by atoms with van der Waals surface area (Å²) in [5.41, 5.74) is 1.11. The van der Waals surface area contributed by atoms with Gasteiger partial charge in [-0.05, 0) is 36.8 Å². The molecule has 1 atom stereocenters. The summed E-state index contributed by atoms with van der Waals surface area (Å²) >= 11 is 1.49. The third kappa shape index (κ3) is 4.63. The predicted octanol–water partition coefficient (Wildman–Crippen LogP) is 3.13. The van der Waals surface area contributed by atoms with Crippen molar-refractivity contribution >= 4 is 11.5 Å². The van der Waals surface area contributed by atoms with Crippen LogP contribution in [-0.2, 0) is 4.74 Å². The maximum Gasteiger partial charge on any atom is 0.0829 e. The number of aromatic nitrogens is 2. The van der Waals surface area contributed by atoms with Crippen molar-refractivity contribution < 1.29 is 4.74 Å². The molecule has 1 aromatic heterocycles. The van der Waals surface area contributed by atoms with Crippen LogP contribution in [0.3, 0.4) is 0 Å². The zero-order valence-electron chi connectivity index (χ0n) is 11.9. The van der Waals surface area contributed by atoms with Crippen molar-refractivity contribution in [3.05, 3.63) is 10.6 Å². The van der Waals surface area contributed by atoms with Gasteiger partial charge in [0.25, 0.3) is 0 Å². The van der Waals surface area contributed by atoms with Crippen molar-refractivity contribution in [1.82, 2.24) is 14.9 Å². The van der Waals surface area contributed by atoms with Crippen LogP contribution < -0.4 is 5.32 Å². The zero-order valence-corrected chi connectivity index (χ0v) is 12.7. The maximum atomic E-state index is 5.69. The first-order valence-corrected chi connectivity index (χ1v) is 7.61. The molecule has 4 nitrogen and oxygen atoms in total. The fourth-order valence-electron chi connectivity index (χ4n) is 1.74. The molecule has 18 heavy (non-hydrogen) atoms. The van der Waals surface area contributed by atoms with Crippen LogP contribution in [0, 0.1) is 0 Å². The number of nitrogens with zero attached hydrogens (tertiary/aromatic N) is 2. The van der Waals surface area contributed by atoms with Crippen LogP contribution in [-0.4, -0.2) is 29.3 Å². The summed E-state index contributed by atoms with van der Waals surface area (Å²) in [6.07, 6.45) is 2.17. The van der Waals surface area contributed by atoms with E-state index in [-0.39, 0.29) is 6.04 Å². The quantitative estimate of drug-likeness (QED) is 0.701. The summed E-state index contributed by atoms with van der Waals surface area (Å²) in [5, 5.41) is 7.78. The molecule has 1 rings (SSSR count). The van der Waals surface area contributed by atoms with Gasteiger partial charge < -0.3 is 10.1 Å². The lowest BCUT2D eigenvalue weighted by Crippen LogP contribution is -2.26. The van der Waals surface area contributed by atoms with Gasteiger partial charge in [-0.25, -0.2) is 0 Å². The molecule has 0 bridgehead atoms. The molecule has 5 heteroatoms. The minimum absolute atomic E-state index is 0.230. The van der Waals surface area contributed by atoms with E-state index < -0.39 is 0 Å². The Labute approximate surface area is 114 Å². The molecule has 1 unspecified atom stereocenters. The Morgan fingerprint density at radius 1 is 1.28 bits per heavy atom. The van der Waals surface area contributed by atoms with E-state index in [4.69, 9.17) is 4.74 Å². The van der Waals surface area contributed by atoms with Gasteiger partial charge in [0.15, 0.2) is 0 Å². The maximum absolute atomic E-state index is 5.69. The smallest absolute Gasteiger partial charge is 0.0829 e. The van der Waals surface area contributed by atoms with Crippen molar-refractivity contribution in [3.8, 4) is 0 Å². The Morgan fingerprint density at radius 3 is 2.67 bits per heavy atom. The molecule has 1 aromatic rings. The minimum Gasteiger partial charge on any atom is -0.379 e. The minimum atomic E-state index is 0.230. The molecule has 0 spiro atoms. The predicted molar refractivity (Wildman–Crippen MR) is 76.1 cm³/mol. The highest BCUT2D eigenvalue weighted by molar-refractivity contribution is 7.05. The van der Waals surface area contributed by atoms with E-state index in [1.54, 1.807) is 0 Å². The lowest BCUT2D eigenvalue weighted by atomic mass is 10.1. The highest BCUT2D eigenvalue weighted by Crippen LogP contribution is 2.26. The highest BCUT2D eigenvalue weighted by Gasteiger charge is 2.20. The van der Waals surface area contributed by atoms with Gasteiger partial charge in [0.1, 0.15) is 0 Å². The van der Waals surface area contributed by atoms with Gasteiger partial charge in [-0.2, -0.15) is 0 Å². The van der Waals surface area contributed by atoms with Crippen LogP contribution in [0.4, 0.5) is 0 Å². The van der Waals surface area contributed by atoms with Crippen LogP contribution in [0.2, 0.25) is 0 Å². The van der Waals surface area contributed by atoms with E-state index in [9.17, 15) is 0 Å². The monoisotopic (exact) mass is 271 g/mol. The second-order valence-electron chi connectivity index (χ2n) is 4.76. The molecule has 0 aliphatic carbocycles. The van der Waals surface area contributed by atoms with Crippen LogP contribution in [0.25, 0.3) is 0 Å². The lowest BCUT2D eigenvalue weighted by Gasteiger charge is -2.18. The zero-order chi connectivity index (χ0) is 13.4. The summed E-state index contributed by atoms with van der Waals surface area (Å²) in [6.45, 7) is 11.1. The Morgan fingerprint density at radius 2 is 2.06 bits per heavy atom. The molecule has 0 fully saturated rings. The first-order chi connectivity index (χ1) is 8.70. The molecular formula is C13H25N3OS. The van der Waals surface area contributed by atoms with Crippen LogP contribution in [0.5, 0.6) is 0 Å². The summed E-state index contributed by atoms with van der Waals surface area (Å²) in [6, 6.07) is 0.230. The molecular weight excluding hydrogens is 246 g/mol.